The average Bonchev–Trinajstić information content (AvgIpc) is 3.23. The molecule has 0 saturated heterocycles. The Bertz CT molecular complexity index is 1000. The first-order chi connectivity index (χ1) is 13.2. The highest BCUT2D eigenvalue weighted by Gasteiger charge is 2.13. The standard InChI is InChI=1S/C22H20N2O3/c1-26-22-5-2-15(8-21(22)25)10-23-12-19-13-24-11-17-4-3-16(9-20(17)19)18-6-7-27-14-18/h2-9,11-12,14,23,25H,10,13H2,1H3. The molecule has 136 valence electrons. The molecule has 0 unspecified atom stereocenters. The number of fused-ring (bicyclic) bond motifs is 1. The third kappa shape index (κ3) is 3.58. The molecule has 5 nitrogen and oxygen atoms in total. The van der Waals surface area contributed by atoms with Crippen LogP contribution in [0, 0.1) is 0 Å². The summed E-state index contributed by atoms with van der Waals surface area (Å²) < 4.78 is 10.3. The SMILES string of the molecule is COc1ccc(CNC=C2CN=Cc3ccc(-c4ccoc4)cc32)cc1O. The van der Waals surface area contributed by atoms with Gasteiger partial charge in [0.05, 0.1) is 26.2 Å². The Labute approximate surface area is 157 Å². The fraction of sp³-hybridized carbons (Fsp3) is 0.136. The number of rotatable bonds is 5. The van der Waals surface area contributed by atoms with Crippen LogP contribution in [0.15, 0.2) is 70.6 Å². The molecule has 5 heteroatoms. The number of methoxy groups -OCH3 is 1. The lowest BCUT2D eigenvalue weighted by molar-refractivity contribution is 0.373. The number of aromatic hydroxyl groups is 1. The molecule has 0 saturated carbocycles. The van der Waals surface area contributed by atoms with Gasteiger partial charge in [-0.15, -0.1) is 0 Å². The fourth-order valence-electron chi connectivity index (χ4n) is 3.14. The van der Waals surface area contributed by atoms with Gasteiger partial charge in [-0.25, -0.2) is 0 Å². The smallest absolute Gasteiger partial charge is 0.160 e. The van der Waals surface area contributed by atoms with Gasteiger partial charge in [0.15, 0.2) is 11.5 Å². The number of nitrogens with zero attached hydrogens (tertiary/aromatic N) is 1. The van der Waals surface area contributed by atoms with Crippen molar-refractivity contribution in [2.24, 2.45) is 4.99 Å². The van der Waals surface area contributed by atoms with Crippen LogP contribution in [0.3, 0.4) is 0 Å². The molecule has 27 heavy (non-hydrogen) atoms. The molecule has 2 N–H and O–H groups in total. The maximum absolute atomic E-state index is 9.90. The molecule has 3 aromatic rings. The first-order valence-corrected chi connectivity index (χ1v) is 8.70. The highest BCUT2D eigenvalue weighted by molar-refractivity contribution is 5.93. The lowest BCUT2D eigenvalue weighted by Crippen LogP contribution is -2.10. The van der Waals surface area contributed by atoms with E-state index in [9.17, 15) is 5.11 Å². The van der Waals surface area contributed by atoms with Gasteiger partial charge in [0.25, 0.3) is 0 Å². The summed E-state index contributed by atoms with van der Waals surface area (Å²) in [6, 6.07) is 13.7. The minimum absolute atomic E-state index is 0.141. The molecule has 2 aromatic carbocycles. The maximum Gasteiger partial charge on any atom is 0.160 e. The highest BCUT2D eigenvalue weighted by Crippen LogP contribution is 2.29. The van der Waals surface area contributed by atoms with Gasteiger partial charge in [-0.3, -0.25) is 4.99 Å². The second kappa shape index (κ2) is 7.41. The molecule has 4 rings (SSSR count). The third-order valence-corrected chi connectivity index (χ3v) is 4.57. The zero-order valence-corrected chi connectivity index (χ0v) is 15.0. The van der Waals surface area contributed by atoms with E-state index in [1.807, 2.05) is 24.5 Å². The van der Waals surface area contributed by atoms with Crippen molar-refractivity contribution in [3.8, 4) is 22.6 Å². The van der Waals surface area contributed by atoms with Gasteiger partial charge in [0, 0.05) is 24.5 Å². The maximum atomic E-state index is 9.90. The Balaban J connectivity index is 1.54. The van der Waals surface area contributed by atoms with E-state index in [-0.39, 0.29) is 5.75 Å². The van der Waals surface area contributed by atoms with Crippen LogP contribution < -0.4 is 10.1 Å². The summed E-state index contributed by atoms with van der Waals surface area (Å²) in [5.74, 6) is 0.612. The van der Waals surface area contributed by atoms with Crippen molar-refractivity contribution in [3.63, 3.8) is 0 Å². The van der Waals surface area contributed by atoms with Crippen molar-refractivity contribution in [1.29, 1.82) is 0 Å². The Morgan fingerprint density at radius 1 is 1.19 bits per heavy atom. The Hall–Kier alpha value is -3.47. The molecule has 0 bridgehead atoms. The summed E-state index contributed by atoms with van der Waals surface area (Å²) in [5.41, 5.74) is 6.52. The summed E-state index contributed by atoms with van der Waals surface area (Å²) in [6.45, 7) is 1.23. The van der Waals surface area contributed by atoms with Crippen molar-refractivity contribution in [3.05, 3.63) is 77.9 Å². The van der Waals surface area contributed by atoms with Gasteiger partial charge in [0.1, 0.15) is 0 Å². The van der Waals surface area contributed by atoms with Crippen molar-refractivity contribution >= 4 is 11.8 Å². The molecule has 1 aliphatic rings. The van der Waals surface area contributed by atoms with Gasteiger partial charge in [0.2, 0.25) is 0 Å². The number of nitrogens with one attached hydrogen (secondary N) is 1. The lowest BCUT2D eigenvalue weighted by Gasteiger charge is -2.16. The van der Waals surface area contributed by atoms with Crippen molar-refractivity contribution in [2.75, 3.05) is 13.7 Å². The first-order valence-electron chi connectivity index (χ1n) is 8.70. The predicted molar refractivity (Wildman–Crippen MR) is 106 cm³/mol. The Kier molecular flexibility index (Phi) is 4.66. The number of benzene rings is 2. The topological polar surface area (TPSA) is 67.0 Å². The normalized spacial score (nSPS) is 14.2. The average molecular weight is 360 g/mol. The van der Waals surface area contributed by atoms with Gasteiger partial charge in [-0.2, -0.15) is 0 Å². The van der Waals surface area contributed by atoms with Crippen LogP contribution in [0.5, 0.6) is 11.5 Å². The molecule has 0 fully saturated rings. The van der Waals surface area contributed by atoms with E-state index in [0.29, 0.717) is 18.8 Å². The number of aliphatic imine (C=N–C) groups is 1. The summed E-state index contributed by atoms with van der Waals surface area (Å²) in [6.07, 6.45) is 7.33. The second-order valence-corrected chi connectivity index (χ2v) is 6.34. The molecule has 0 spiro atoms. The van der Waals surface area contributed by atoms with E-state index in [2.05, 4.69) is 28.5 Å². The van der Waals surface area contributed by atoms with Gasteiger partial charge >= 0.3 is 0 Å². The van der Waals surface area contributed by atoms with E-state index in [4.69, 9.17) is 9.15 Å². The van der Waals surface area contributed by atoms with E-state index in [1.54, 1.807) is 24.7 Å². The summed E-state index contributed by atoms with van der Waals surface area (Å²) in [5, 5.41) is 13.2. The monoisotopic (exact) mass is 360 g/mol. The van der Waals surface area contributed by atoms with Crippen LogP contribution in [0.2, 0.25) is 0 Å². The molecule has 2 heterocycles. The highest BCUT2D eigenvalue weighted by atomic mass is 16.5. The zero-order chi connectivity index (χ0) is 18.6. The number of phenolic OH excluding ortho intramolecular Hbond substituents is 1. The molecular weight excluding hydrogens is 340 g/mol. The number of ether oxygens (including phenoxy) is 1. The van der Waals surface area contributed by atoms with Crippen molar-refractivity contribution < 1.29 is 14.3 Å². The summed E-state index contributed by atoms with van der Waals surface area (Å²) in [4.78, 5) is 4.45. The minimum Gasteiger partial charge on any atom is -0.504 e. The quantitative estimate of drug-likeness (QED) is 0.715. The molecule has 0 atom stereocenters. The number of hydrogen-bond donors (Lipinski definition) is 2. The molecule has 1 aromatic heterocycles. The Morgan fingerprint density at radius 2 is 2.11 bits per heavy atom. The van der Waals surface area contributed by atoms with E-state index in [0.717, 1.165) is 33.4 Å². The van der Waals surface area contributed by atoms with E-state index >= 15 is 0 Å². The van der Waals surface area contributed by atoms with Crippen molar-refractivity contribution in [2.45, 2.75) is 6.54 Å². The number of hydrogen-bond acceptors (Lipinski definition) is 5. The van der Waals surface area contributed by atoms with Gasteiger partial charge in [-0.05, 0) is 52.1 Å². The Morgan fingerprint density at radius 3 is 2.89 bits per heavy atom. The molecule has 0 amide bonds. The molecule has 0 aliphatic carbocycles. The molecule has 1 aliphatic heterocycles. The van der Waals surface area contributed by atoms with Crippen LogP contribution in [-0.2, 0) is 6.54 Å². The molecule has 0 radical (unpaired) electrons. The van der Waals surface area contributed by atoms with Crippen LogP contribution in [0.4, 0.5) is 0 Å². The lowest BCUT2D eigenvalue weighted by atomic mass is 9.94. The van der Waals surface area contributed by atoms with E-state index < -0.39 is 0 Å². The minimum atomic E-state index is 0.141. The first kappa shape index (κ1) is 17.0. The molecular formula is C22H20N2O3. The number of furan rings is 1. The van der Waals surface area contributed by atoms with Crippen LogP contribution in [0.25, 0.3) is 16.7 Å². The fourth-order valence-corrected chi connectivity index (χ4v) is 3.14. The van der Waals surface area contributed by atoms with Crippen LogP contribution in [0.1, 0.15) is 16.7 Å². The largest absolute Gasteiger partial charge is 0.504 e. The summed E-state index contributed by atoms with van der Waals surface area (Å²) in [7, 11) is 1.54. The summed E-state index contributed by atoms with van der Waals surface area (Å²) >= 11 is 0. The van der Waals surface area contributed by atoms with E-state index in [1.165, 1.54) is 7.11 Å². The van der Waals surface area contributed by atoms with Crippen molar-refractivity contribution in [1.82, 2.24) is 5.32 Å². The predicted octanol–water partition coefficient (Wildman–Crippen LogP) is 4.22. The third-order valence-electron chi connectivity index (χ3n) is 4.57. The second-order valence-electron chi connectivity index (χ2n) is 6.34. The zero-order valence-electron chi connectivity index (χ0n) is 15.0. The van der Waals surface area contributed by atoms with Crippen LogP contribution >= 0.6 is 0 Å². The number of phenols is 1. The van der Waals surface area contributed by atoms with Gasteiger partial charge in [-0.1, -0.05) is 18.2 Å². The van der Waals surface area contributed by atoms with Gasteiger partial charge < -0.3 is 19.6 Å². The van der Waals surface area contributed by atoms with Crippen LogP contribution in [-0.4, -0.2) is 25.0 Å².